The highest BCUT2D eigenvalue weighted by Gasteiger charge is 2.39. The Balaban J connectivity index is 2.46. The number of nitrogen functional groups attached to an aromatic ring is 1. The van der Waals surface area contributed by atoms with Gasteiger partial charge in [0.05, 0.1) is 4.90 Å². The Bertz CT molecular complexity index is 561. The van der Waals surface area contributed by atoms with Crippen molar-refractivity contribution in [1.82, 2.24) is 4.31 Å². The Morgan fingerprint density at radius 3 is 1.94 bits per heavy atom. The summed E-state index contributed by atoms with van der Waals surface area (Å²) in [5.74, 6) is -1.38. The number of nitrogens with zero attached hydrogens (tertiary/aromatic N) is 1. The van der Waals surface area contributed by atoms with Gasteiger partial charge >= 0.3 is 0 Å². The third-order valence-corrected chi connectivity index (χ3v) is 4.18. The Morgan fingerprint density at radius 2 is 1.47 bits per heavy atom. The highest BCUT2D eigenvalue weighted by Crippen LogP contribution is 2.23. The zero-order chi connectivity index (χ0) is 12.6. The standard InChI is InChI=1S/C10H10N2O4S/c11-7-1-3-8(4-2-7)17(15,16)12-9(13)5-6-10(12)14/h1-4H,5-6,11H2. The fourth-order valence-electron chi connectivity index (χ4n) is 1.57. The molecule has 90 valence electrons. The van der Waals surface area contributed by atoms with E-state index in [9.17, 15) is 18.0 Å². The number of carbonyl (C=O) groups excluding carboxylic acids is 2. The average Bonchev–Trinajstić information content (AvgIpc) is 2.59. The van der Waals surface area contributed by atoms with Gasteiger partial charge in [-0.15, -0.1) is 0 Å². The number of anilines is 1. The van der Waals surface area contributed by atoms with Gasteiger partial charge in [0.1, 0.15) is 0 Å². The van der Waals surface area contributed by atoms with Crippen LogP contribution in [0.15, 0.2) is 29.2 Å². The van der Waals surface area contributed by atoms with Crippen molar-refractivity contribution in [3.05, 3.63) is 24.3 Å². The van der Waals surface area contributed by atoms with Crippen LogP contribution in [0.2, 0.25) is 0 Å². The van der Waals surface area contributed by atoms with Crippen LogP contribution in [0.25, 0.3) is 0 Å². The summed E-state index contributed by atoms with van der Waals surface area (Å²) in [6, 6.07) is 5.34. The largest absolute Gasteiger partial charge is 0.399 e. The van der Waals surface area contributed by atoms with Crippen LogP contribution in [0.1, 0.15) is 12.8 Å². The lowest BCUT2D eigenvalue weighted by Gasteiger charge is -2.14. The Kier molecular flexibility index (Phi) is 2.62. The molecule has 6 nitrogen and oxygen atoms in total. The fraction of sp³-hybridized carbons (Fsp3) is 0.200. The van der Waals surface area contributed by atoms with E-state index in [1.54, 1.807) is 0 Å². The van der Waals surface area contributed by atoms with Gasteiger partial charge in [0, 0.05) is 18.5 Å². The lowest BCUT2D eigenvalue weighted by atomic mass is 10.3. The first-order valence-corrected chi connectivity index (χ1v) is 6.33. The first kappa shape index (κ1) is 11.6. The maximum Gasteiger partial charge on any atom is 0.273 e. The van der Waals surface area contributed by atoms with E-state index in [2.05, 4.69) is 0 Å². The monoisotopic (exact) mass is 254 g/mol. The molecule has 17 heavy (non-hydrogen) atoms. The predicted molar refractivity (Wildman–Crippen MR) is 59.1 cm³/mol. The topological polar surface area (TPSA) is 97.5 Å². The number of carbonyl (C=O) groups is 2. The number of hydrogen-bond donors (Lipinski definition) is 1. The molecule has 1 aromatic carbocycles. The van der Waals surface area contributed by atoms with Crippen molar-refractivity contribution < 1.29 is 18.0 Å². The second-order valence-electron chi connectivity index (χ2n) is 3.63. The van der Waals surface area contributed by atoms with Crippen molar-refractivity contribution in [2.24, 2.45) is 0 Å². The van der Waals surface area contributed by atoms with Crippen molar-refractivity contribution in [3.8, 4) is 0 Å². The maximum atomic E-state index is 12.0. The second-order valence-corrected chi connectivity index (χ2v) is 5.41. The molecule has 2 N–H and O–H groups in total. The van der Waals surface area contributed by atoms with Crippen LogP contribution in [0.3, 0.4) is 0 Å². The summed E-state index contributed by atoms with van der Waals surface area (Å²) in [4.78, 5) is 22.6. The van der Waals surface area contributed by atoms with E-state index in [0.717, 1.165) is 0 Å². The van der Waals surface area contributed by atoms with Crippen LogP contribution in [0, 0.1) is 0 Å². The maximum absolute atomic E-state index is 12.0. The molecule has 1 aromatic rings. The number of imide groups is 1. The van der Waals surface area contributed by atoms with E-state index in [-0.39, 0.29) is 17.7 Å². The Labute approximate surface area is 98.1 Å². The van der Waals surface area contributed by atoms with Crippen LogP contribution in [-0.2, 0) is 19.6 Å². The molecule has 2 rings (SSSR count). The molecule has 0 saturated carbocycles. The summed E-state index contributed by atoms with van der Waals surface area (Å²) in [6.07, 6.45) is -0.125. The van der Waals surface area contributed by atoms with Crippen molar-refractivity contribution >= 4 is 27.5 Å². The molecular formula is C10H10N2O4S. The van der Waals surface area contributed by atoms with Crippen LogP contribution in [0.4, 0.5) is 5.69 Å². The van der Waals surface area contributed by atoms with E-state index in [0.29, 0.717) is 9.99 Å². The van der Waals surface area contributed by atoms with Gasteiger partial charge in [-0.3, -0.25) is 9.59 Å². The molecule has 1 aliphatic rings. The Hall–Kier alpha value is -1.89. The van der Waals surface area contributed by atoms with Crippen LogP contribution >= 0.6 is 0 Å². The summed E-state index contributed by atoms with van der Waals surface area (Å²) in [5.41, 5.74) is 5.84. The van der Waals surface area contributed by atoms with Crippen molar-refractivity contribution in [2.45, 2.75) is 17.7 Å². The first-order chi connectivity index (χ1) is 7.93. The van der Waals surface area contributed by atoms with Gasteiger partial charge < -0.3 is 5.73 Å². The van der Waals surface area contributed by atoms with E-state index in [1.807, 2.05) is 0 Å². The van der Waals surface area contributed by atoms with E-state index in [4.69, 9.17) is 5.73 Å². The summed E-state index contributed by atoms with van der Waals surface area (Å²) >= 11 is 0. The SMILES string of the molecule is Nc1ccc(S(=O)(=O)N2C(=O)CCC2=O)cc1. The highest BCUT2D eigenvalue weighted by molar-refractivity contribution is 7.90. The van der Waals surface area contributed by atoms with E-state index < -0.39 is 21.8 Å². The van der Waals surface area contributed by atoms with Crippen molar-refractivity contribution in [1.29, 1.82) is 0 Å². The zero-order valence-corrected chi connectivity index (χ0v) is 9.61. The molecule has 2 amide bonds. The van der Waals surface area contributed by atoms with Gasteiger partial charge in [-0.05, 0) is 24.3 Å². The van der Waals surface area contributed by atoms with Crippen LogP contribution < -0.4 is 5.73 Å². The molecule has 0 radical (unpaired) electrons. The van der Waals surface area contributed by atoms with Gasteiger partial charge in [-0.25, -0.2) is 8.42 Å². The lowest BCUT2D eigenvalue weighted by Crippen LogP contribution is -2.35. The quantitative estimate of drug-likeness (QED) is 0.596. The van der Waals surface area contributed by atoms with Crippen LogP contribution in [0.5, 0.6) is 0 Å². The minimum atomic E-state index is -4.08. The second kappa shape index (κ2) is 3.85. The van der Waals surface area contributed by atoms with Gasteiger partial charge in [0.25, 0.3) is 10.0 Å². The zero-order valence-electron chi connectivity index (χ0n) is 8.79. The van der Waals surface area contributed by atoms with Crippen molar-refractivity contribution in [3.63, 3.8) is 0 Å². The number of benzene rings is 1. The summed E-state index contributed by atoms with van der Waals surface area (Å²) in [6.45, 7) is 0. The molecule has 1 heterocycles. The number of rotatable bonds is 2. The third-order valence-electron chi connectivity index (χ3n) is 2.42. The molecule has 0 bridgehead atoms. The normalized spacial score (nSPS) is 16.6. The molecule has 1 fully saturated rings. The van der Waals surface area contributed by atoms with Crippen molar-refractivity contribution in [2.75, 3.05) is 5.73 Å². The molecule has 0 aliphatic carbocycles. The number of hydrogen-bond acceptors (Lipinski definition) is 5. The minimum Gasteiger partial charge on any atom is -0.399 e. The molecule has 0 spiro atoms. The van der Waals surface area contributed by atoms with E-state index >= 15 is 0 Å². The minimum absolute atomic E-state index is 0.0625. The van der Waals surface area contributed by atoms with E-state index in [1.165, 1.54) is 24.3 Å². The molecule has 0 aromatic heterocycles. The highest BCUT2D eigenvalue weighted by atomic mass is 32.2. The van der Waals surface area contributed by atoms with Gasteiger partial charge in [0.2, 0.25) is 11.8 Å². The summed E-state index contributed by atoms with van der Waals surface area (Å²) in [7, 11) is -4.08. The summed E-state index contributed by atoms with van der Waals surface area (Å²) in [5, 5.41) is 0. The smallest absolute Gasteiger partial charge is 0.273 e. The molecule has 1 saturated heterocycles. The molecule has 0 atom stereocenters. The average molecular weight is 254 g/mol. The fourth-order valence-corrected chi connectivity index (χ4v) is 2.98. The summed E-state index contributed by atoms with van der Waals surface area (Å²) < 4.78 is 24.4. The lowest BCUT2D eigenvalue weighted by molar-refractivity contribution is -0.132. The first-order valence-electron chi connectivity index (χ1n) is 4.89. The Morgan fingerprint density at radius 1 is 1.00 bits per heavy atom. The molecular weight excluding hydrogens is 244 g/mol. The van der Waals surface area contributed by atoms with Crippen LogP contribution in [-0.4, -0.2) is 24.5 Å². The predicted octanol–water partition coefficient (Wildman–Crippen LogP) is 0.106. The van der Waals surface area contributed by atoms with Gasteiger partial charge in [-0.2, -0.15) is 4.31 Å². The number of nitrogens with two attached hydrogens (primary N) is 1. The molecule has 7 heteroatoms. The molecule has 0 unspecified atom stereocenters. The van der Waals surface area contributed by atoms with Gasteiger partial charge in [-0.1, -0.05) is 0 Å². The number of amides is 2. The third kappa shape index (κ3) is 1.89. The number of sulfonamides is 1. The van der Waals surface area contributed by atoms with Gasteiger partial charge in [0.15, 0.2) is 0 Å². The molecule has 1 aliphatic heterocycles.